The van der Waals surface area contributed by atoms with Gasteiger partial charge >= 0.3 is 0 Å². The quantitative estimate of drug-likeness (QED) is 0.563. The number of rotatable bonds is 6. The van der Waals surface area contributed by atoms with Gasteiger partial charge in [0.15, 0.2) is 0 Å². The molecule has 0 atom stereocenters. The van der Waals surface area contributed by atoms with Gasteiger partial charge in [0.2, 0.25) is 0 Å². The zero-order chi connectivity index (χ0) is 17.1. The van der Waals surface area contributed by atoms with Gasteiger partial charge in [-0.2, -0.15) is 0 Å². The average molecular weight is 350 g/mol. The standard InChI is InChI=1S/C20H18N2O2S/c23-20(21-10-8-16-7-4-11-24-16)18-13-19-17(9-12-25-19)22(18)14-15-5-2-1-3-6-15/h1-7,9,11-13H,8,10,14H2,(H,21,23). The first-order chi connectivity index (χ1) is 12.3. The molecule has 0 aliphatic rings. The van der Waals surface area contributed by atoms with Crippen molar-refractivity contribution in [1.82, 2.24) is 9.88 Å². The van der Waals surface area contributed by atoms with E-state index >= 15 is 0 Å². The molecule has 1 N–H and O–H groups in total. The second-order valence-corrected chi connectivity index (χ2v) is 6.80. The molecule has 0 aliphatic carbocycles. The van der Waals surface area contributed by atoms with Crippen molar-refractivity contribution in [3.63, 3.8) is 0 Å². The Kier molecular flexibility index (Phi) is 4.39. The van der Waals surface area contributed by atoms with E-state index in [2.05, 4.69) is 33.5 Å². The molecule has 25 heavy (non-hydrogen) atoms. The first-order valence-electron chi connectivity index (χ1n) is 8.22. The Morgan fingerprint density at radius 3 is 2.80 bits per heavy atom. The predicted octanol–water partition coefficient (Wildman–Crippen LogP) is 4.32. The summed E-state index contributed by atoms with van der Waals surface area (Å²) in [4.78, 5) is 12.7. The maximum atomic E-state index is 12.7. The number of hydrogen-bond acceptors (Lipinski definition) is 3. The van der Waals surface area contributed by atoms with Crippen LogP contribution >= 0.6 is 11.3 Å². The molecule has 0 spiro atoms. The Bertz CT molecular complexity index is 968. The van der Waals surface area contributed by atoms with Crippen molar-refractivity contribution in [2.24, 2.45) is 0 Å². The van der Waals surface area contributed by atoms with E-state index in [-0.39, 0.29) is 5.91 Å². The highest BCUT2D eigenvalue weighted by atomic mass is 32.1. The van der Waals surface area contributed by atoms with Crippen LogP contribution in [0.4, 0.5) is 0 Å². The molecule has 3 heterocycles. The first-order valence-corrected chi connectivity index (χ1v) is 9.10. The van der Waals surface area contributed by atoms with Crippen LogP contribution in [0.2, 0.25) is 0 Å². The average Bonchev–Trinajstić information content (AvgIpc) is 3.35. The van der Waals surface area contributed by atoms with Gasteiger partial charge in [-0.05, 0) is 35.2 Å². The van der Waals surface area contributed by atoms with Crippen LogP contribution in [-0.4, -0.2) is 17.0 Å². The summed E-state index contributed by atoms with van der Waals surface area (Å²) in [5, 5.41) is 5.06. The van der Waals surface area contributed by atoms with Crippen LogP contribution in [0.3, 0.4) is 0 Å². The van der Waals surface area contributed by atoms with E-state index < -0.39 is 0 Å². The highest BCUT2D eigenvalue weighted by Crippen LogP contribution is 2.26. The first kappa shape index (κ1) is 15.7. The van der Waals surface area contributed by atoms with Gasteiger partial charge in [0, 0.05) is 19.5 Å². The number of aromatic nitrogens is 1. The number of hydrogen-bond donors (Lipinski definition) is 1. The summed E-state index contributed by atoms with van der Waals surface area (Å²) in [6.45, 7) is 1.23. The lowest BCUT2D eigenvalue weighted by atomic mass is 10.2. The molecule has 4 nitrogen and oxygen atoms in total. The Balaban J connectivity index is 1.54. The minimum Gasteiger partial charge on any atom is -0.469 e. The van der Waals surface area contributed by atoms with E-state index in [0.29, 0.717) is 25.2 Å². The normalized spacial score (nSPS) is 11.0. The molecule has 1 aromatic carbocycles. The fourth-order valence-corrected chi connectivity index (χ4v) is 3.77. The largest absolute Gasteiger partial charge is 0.469 e. The number of thiophene rings is 1. The molecule has 0 unspecified atom stereocenters. The van der Waals surface area contributed by atoms with Crippen LogP contribution in [0.15, 0.2) is 70.7 Å². The molecule has 0 fully saturated rings. The molecule has 0 aliphatic heterocycles. The molecule has 1 amide bonds. The lowest BCUT2D eigenvalue weighted by molar-refractivity contribution is 0.0945. The monoisotopic (exact) mass is 350 g/mol. The highest BCUT2D eigenvalue weighted by Gasteiger charge is 2.16. The number of nitrogens with zero attached hydrogens (tertiary/aromatic N) is 1. The Labute approximate surface area is 149 Å². The Morgan fingerprint density at radius 1 is 1.12 bits per heavy atom. The summed E-state index contributed by atoms with van der Waals surface area (Å²) in [7, 11) is 0. The Morgan fingerprint density at radius 2 is 2.00 bits per heavy atom. The topological polar surface area (TPSA) is 47.2 Å². The van der Waals surface area contributed by atoms with Crippen molar-refractivity contribution in [2.75, 3.05) is 6.54 Å². The number of amides is 1. The van der Waals surface area contributed by atoms with Gasteiger partial charge in [0.05, 0.1) is 16.5 Å². The van der Waals surface area contributed by atoms with E-state index in [1.165, 1.54) is 5.56 Å². The Hall–Kier alpha value is -2.79. The molecule has 0 saturated carbocycles. The number of carbonyl (C=O) groups is 1. The maximum Gasteiger partial charge on any atom is 0.267 e. The molecule has 0 bridgehead atoms. The molecule has 0 radical (unpaired) electrons. The third-order valence-corrected chi connectivity index (χ3v) is 5.03. The summed E-state index contributed by atoms with van der Waals surface area (Å²) in [6, 6.07) is 18.0. The molecular weight excluding hydrogens is 332 g/mol. The minimum absolute atomic E-state index is 0.0501. The van der Waals surface area contributed by atoms with Crippen LogP contribution in [0, 0.1) is 0 Å². The molecule has 4 aromatic rings. The van der Waals surface area contributed by atoms with Gasteiger partial charge in [-0.3, -0.25) is 4.79 Å². The number of nitrogens with one attached hydrogen (secondary N) is 1. The van der Waals surface area contributed by atoms with Crippen molar-refractivity contribution in [3.05, 3.63) is 83.3 Å². The zero-order valence-corrected chi connectivity index (χ0v) is 14.5. The summed E-state index contributed by atoms with van der Waals surface area (Å²) in [5.41, 5.74) is 2.98. The number of carbonyl (C=O) groups excluding carboxylic acids is 1. The van der Waals surface area contributed by atoms with E-state index in [1.54, 1.807) is 17.6 Å². The van der Waals surface area contributed by atoms with Gasteiger partial charge in [-0.15, -0.1) is 11.3 Å². The van der Waals surface area contributed by atoms with E-state index in [1.807, 2.05) is 36.4 Å². The van der Waals surface area contributed by atoms with E-state index in [4.69, 9.17) is 4.42 Å². The lowest BCUT2D eigenvalue weighted by Crippen LogP contribution is -2.28. The third kappa shape index (κ3) is 3.37. The van der Waals surface area contributed by atoms with Crippen molar-refractivity contribution in [2.45, 2.75) is 13.0 Å². The van der Waals surface area contributed by atoms with Crippen molar-refractivity contribution >= 4 is 27.5 Å². The second kappa shape index (κ2) is 6.99. The van der Waals surface area contributed by atoms with Crippen molar-refractivity contribution < 1.29 is 9.21 Å². The van der Waals surface area contributed by atoms with Gasteiger partial charge in [0.1, 0.15) is 11.5 Å². The maximum absolute atomic E-state index is 12.7. The number of fused-ring (bicyclic) bond motifs is 1. The zero-order valence-electron chi connectivity index (χ0n) is 13.6. The molecule has 5 heteroatoms. The van der Waals surface area contributed by atoms with Crippen LogP contribution < -0.4 is 5.32 Å². The van der Waals surface area contributed by atoms with E-state index in [9.17, 15) is 4.79 Å². The fourth-order valence-electron chi connectivity index (χ4n) is 2.95. The van der Waals surface area contributed by atoms with Crippen LogP contribution in [0.1, 0.15) is 21.8 Å². The van der Waals surface area contributed by atoms with Crippen LogP contribution in [0.5, 0.6) is 0 Å². The summed E-state index contributed by atoms with van der Waals surface area (Å²) < 4.78 is 8.52. The molecule has 126 valence electrons. The van der Waals surface area contributed by atoms with Gasteiger partial charge in [-0.1, -0.05) is 30.3 Å². The molecule has 3 aromatic heterocycles. The predicted molar refractivity (Wildman–Crippen MR) is 100 cm³/mol. The smallest absolute Gasteiger partial charge is 0.267 e. The minimum atomic E-state index is -0.0501. The van der Waals surface area contributed by atoms with Crippen molar-refractivity contribution in [1.29, 1.82) is 0 Å². The SMILES string of the molecule is O=C(NCCc1ccco1)c1cc2sccc2n1Cc1ccccc1. The number of furan rings is 1. The fraction of sp³-hybridized carbons (Fsp3) is 0.150. The second-order valence-electron chi connectivity index (χ2n) is 5.86. The summed E-state index contributed by atoms with van der Waals surface area (Å²) in [5.74, 6) is 0.826. The summed E-state index contributed by atoms with van der Waals surface area (Å²) >= 11 is 1.66. The van der Waals surface area contributed by atoms with Gasteiger partial charge < -0.3 is 14.3 Å². The molecular formula is C20H18N2O2S. The van der Waals surface area contributed by atoms with Crippen molar-refractivity contribution in [3.8, 4) is 0 Å². The van der Waals surface area contributed by atoms with Crippen LogP contribution in [0.25, 0.3) is 10.2 Å². The third-order valence-electron chi connectivity index (χ3n) is 4.18. The molecule has 4 rings (SSSR count). The number of benzene rings is 1. The molecule has 0 saturated heterocycles. The van der Waals surface area contributed by atoms with Gasteiger partial charge in [-0.25, -0.2) is 0 Å². The lowest BCUT2D eigenvalue weighted by Gasteiger charge is -2.11. The van der Waals surface area contributed by atoms with Crippen LogP contribution in [-0.2, 0) is 13.0 Å². The van der Waals surface area contributed by atoms with E-state index in [0.717, 1.165) is 16.0 Å². The summed E-state index contributed by atoms with van der Waals surface area (Å²) in [6.07, 6.45) is 2.34. The highest BCUT2D eigenvalue weighted by molar-refractivity contribution is 7.17. The van der Waals surface area contributed by atoms with Gasteiger partial charge in [0.25, 0.3) is 5.91 Å².